The van der Waals surface area contributed by atoms with E-state index in [0.717, 1.165) is 12.8 Å². The van der Waals surface area contributed by atoms with Crippen LogP contribution in [0.3, 0.4) is 0 Å². The Hall–Kier alpha value is -0.170. The van der Waals surface area contributed by atoms with Crippen molar-refractivity contribution in [2.45, 2.75) is 31.1 Å². The van der Waals surface area contributed by atoms with Crippen molar-refractivity contribution in [3.8, 4) is 0 Å². The third-order valence-corrected chi connectivity index (χ3v) is 4.89. The fourth-order valence-corrected chi connectivity index (χ4v) is 3.38. The Morgan fingerprint density at radius 2 is 2.27 bits per heavy atom. The van der Waals surface area contributed by atoms with E-state index in [1.165, 1.54) is 11.4 Å². The van der Waals surface area contributed by atoms with Gasteiger partial charge in [-0.2, -0.15) is 0 Å². The Kier molecular flexibility index (Phi) is 4.51. The maximum atomic E-state index is 12.0. The van der Waals surface area contributed by atoms with Crippen molar-refractivity contribution in [3.63, 3.8) is 0 Å². The Balaban J connectivity index is 2.67. The van der Waals surface area contributed by atoms with Gasteiger partial charge >= 0.3 is 0 Å². The number of nitrogens with two attached hydrogens (primary N) is 1. The summed E-state index contributed by atoms with van der Waals surface area (Å²) in [6, 6.07) is -0.0248. The van der Waals surface area contributed by atoms with Crippen LogP contribution < -0.4 is 5.73 Å². The van der Waals surface area contributed by atoms with Crippen LogP contribution >= 0.6 is 0 Å². The van der Waals surface area contributed by atoms with Gasteiger partial charge in [0.05, 0.1) is 11.9 Å². The first-order chi connectivity index (χ1) is 6.98. The van der Waals surface area contributed by atoms with E-state index in [2.05, 4.69) is 0 Å². The first-order valence-corrected chi connectivity index (χ1v) is 6.72. The first kappa shape index (κ1) is 12.9. The average Bonchev–Trinajstić information content (AvgIpc) is 2.18. The van der Waals surface area contributed by atoms with Gasteiger partial charge in [-0.05, 0) is 19.8 Å². The molecule has 90 valence electrons. The molecule has 0 aromatic carbocycles. The van der Waals surface area contributed by atoms with E-state index >= 15 is 0 Å². The molecule has 2 N–H and O–H groups in total. The molecule has 1 saturated heterocycles. The molecular formula is C9H20N2O3S. The number of hydrogen-bond donors (Lipinski definition) is 1. The third kappa shape index (κ3) is 3.14. The van der Waals surface area contributed by atoms with Gasteiger partial charge in [-0.1, -0.05) is 0 Å². The molecule has 1 aliphatic heterocycles. The maximum absolute atomic E-state index is 12.0. The molecule has 5 nitrogen and oxygen atoms in total. The summed E-state index contributed by atoms with van der Waals surface area (Å²) < 4.78 is 30.4. The lowest BCUT2D eigenvalue weighted by Gasteiger charge is -2.31. The zero-order valence-electron chi connectivity index (χ0n) is 9.35. The second-order valence-electron chi connectivity index (χ2n) is 4.07. The number of rotatable bonds is 4. The minimum absolute atomic E-state index is 0.0248. The first-order valence-electron chi connectivity index (χ1n) is 5.22. The lowest BCUT2D eigenvalue weighted by Crippen LogP contribution is -2.49. The van der Waals surface area contributed by atoms with Gasteiger partial charge in [-0.15, -0.1) is 0 Å². The van der Waals surface area contributed by atoms with E-state index in [4.69, 9.17) is 10.5 Å². The van der Waals surface area contributed by atoms with Crippen LogP contribution in [-0.4, -0.2) is 50.8 Å². The van der Waals surface area contributed by atoms with Crippen molar-refractivity contribution in [3.05, 3.63) is 0 Å². The molecule has 6 heteroatoms. The lowest BCUT2D eigenvalue weighted by molar-refractivity contribution is 0.196. The van der Waals surface area contributed by atoms with Crippen molar-refractivity contribution >= 4 is 10.0 Å². The number of piperidine rings is 1. The van der Waals surface area contributed by atoms with Crippen LogP contribution in [0.4, 0.5) is 0 Å². The van der Waals surface area contributed by atoms with Crippen molar-refractivity contribution in [2.75, 3.05) is 26.8 Å². The molecule has 0 aliphatic carbocycles. The predicted molar refractivity (Wildman–Crippen MR) is 59.0 cm³/mol. The van der Waals surface area contributed by atoms with Gasteiger partial charge < -0.3 is 10.5 Å². The Bertz CT molecular complexity index is 292. The summed E-state index contributed by atoms with van der Waals surface area (Å²) in [7, 11) is -1.72. The van der Waals surface area contributed by atoms with E-state index in [9.17, 15) is 8.42 Å². The normalized spacial score (nSPS) is 26.5. The molecule has 0 saturated carbocycles. The van der Waals surface area contributed by atoms with Crippen molar-refractivity contribution < 1.29 is 13.2 Å². The quantitative estimate of drug-likeness (QED) is 0.732. The van der Waals surface area contributed by atoms with Gasteiger partial charge in [-0.3, -0.25) is 0 Å². The highest BCUT2D eigenvalue weighted by molar-refractivity contribution is 7.89. The molecule has 15 heavy (non-hydrogen) atoms. The van der Waals surface area contributed by atoms with Crippen LogP contribution in [-0.2, 0) is 14.8 Å². The number of ether oxygens (including phenoxy) is 1. The maximum Gasteiger partial charge on any atom is 0.219 e. The van der Waals surface area contributed by atoms with Crippen LogP contribution in [0.15, 0.2) is 0 Å². The molecule has 2 atom stereocenters. The topological polar surface area (TPSA) is 72.6 Å². The highest BCUT2D eigenvalue weighted by Crippen LogP contribution is 2.16. The molecule has 0 aromatic heterocycles. The van der Waals surface area contributed by atoms with Gasteiger partial charge in [-0.25, -0.2) is 12.7 Å². The highest BCUT2D eigenvalue weighted by Gasteiger charge is 2.31. The van der Waals surface area contributed by atoms with E-state index in [0.29, 0.717) is 13.1 Å². The monoisotopic (exact) mass is 236 g/mol. The number of sulfonamides is 1. The van der Waals surface area contributed by atoms with Crippen LogP contribution in [0.5, 0.6) is 0 Å². The van der Waals surface area contributed by atoms with E-state index in [-0.39, 0.29) is 12.6 Å². The molecule has 1 fully saturated rings. The summed E-state index contributed by atoms with van der Waals surface area (Å²) in [4.78, 5) is 0. The minimum atomic E-state index is -3.23. The highest BCUT2D eigenvalue weighted by atomic mass is 32.2. The fourth-order valence-electron chi connectivity index (χ4n) is 1.78. The largest absolute Gasteiger partial charge is 0.383 e. The smallest absolute Gasteiger partial charge is 0.219 e. The SMILES string of the molecule is COCC(C)S(=O)(=O)N1CCCC(N)C1. The molecule has 0 amide bonds. The van der Waals surface area contributed by atoms with Crippen molar-refractivity contribution in [2.24, 2.45) is 5.73 Å². The summed E-state index contributed by atoms with van der Waals surface area (Å²) in [6.07, 6.45) is 1.75. The number of methoxy groups -OCH3 is 1. The molecule has 2 unspecified atom stereocenters. The van der Waals surface area contributed by atoms with Gasteiger partial charge in [0.15, 0.2) is 0 Å². The zero-order chi connectivity index (χ0) is 11.5. The van der Waals surface area contributed by atoms with Gasteiger partial charge in [0.25, 0.3) is 0 Å². The van der Waals surface area contributed by atoms with E-state index in [1.54, 1.807) is 6.92 Å². The Labute approximate surface area is 91.6 Å². The summed E-state index contributed by atoms with van der Waals surface area (Å²) >= 11 is 0. The minimum Gasteiger partial charge on any atom is -0.383 e. The molecule has 1 aliphatic rings. The third-order valence-electron chi connectivity index (χ3n) is 2.69. The Morgan fingerprint density at radius 1 is 1.60 bits per heavy atom. The van der Waals surface area contributed by atoms with Gasteiger partial charge in [0.1, 0.15) is 0 Å². The average molecular weight is 236 g/mol. The molecule has 0 aromatic rings. The number of nitrogens with zero attached hydrogens (tertiary/aromatic N) is 1. The fraction of sp³-hybridized carbons (Fsp3) is 1.00. The second kappa shape index (κ2) is 5.25. The predicted octanol–water partition coefficient (Wildman–Crippen LogP) is -0.226. The van der Waals surface area contributed by atoms with Crippen LogP contribution in [0.1, 0.15) is 19.8 Å². The summed E-state index contributed by atoms with van der Waals surface area (Å²) in [5, 5.41) is -0.493. The van der Waals surface area contributed by atoms with Gasteiger partial charge in [0, 0.05) is 26.2 Å². The summed E-state index contributed by atoms with van der Waals surface area (Å²) in [6.45, 7) is 2.92. The van der Waals surface area contributed by atoms with Gasteiger partial charge in [0.2, 0.25) is 10.0 Å². The standard InChI is InChI=1S/C9H20N2O3S/c1-8(7-14-2)15(12,13)11-5-3-4-9(10)6-11/h8-9H,3-7,10H2,1-2H3. The molecule has 1 heterocycles. The van der Waals surface area contributed by atoms with Crippen LogP contribution in [0.2, 0.25) is 0 Å². The van der Waals surface area contributed by atoms with E-state index < -0.39 is 15.3 Å². The molecule has 0 bridgehead atoms. The summed E-state index contributed by atoms with van der Waals surface area (Å²) in [5.41, 5.74) is 5.76. The molecule has 0 spiro atoms. The van der Waals surface area contributed by atoms with Crippen molar-refractivity contribution in [1.82, 2.24) is 4.31 Å². The van der Waals surface area contributed by atoms with Crippen LogP contribution in [0, 0.1) is 0 Å². The number of hydrogen-bond acceptors (Lipinski definition) is 4. The molecule has 0 radical (unpaired) electrons. The van der Waals surface area contributed by atoms with E-state index in [1.807, 2.05) is 0 Å². The van der Waals surface area contributed by atoms with Crippen LogP contribution in [0.25, 0.3) is 0 Å². The second-order valence-corrected chi connectivity index (χ2v) is 6.42. The lowest BCUT2D eigenvalue weighted by atomic mass is 10.1. The summed E-state index contributed by atoms with van der Waals surface area (Å²) in [5.74, 6) is 0. The molecular weight excluding hydrogens is 216 g/mol. The zero-order valence-corrected chi connectivity index (χ0v) is 10.2. The van der Waals surface area contributed by atoms with Crippen molar-refractivity contribution in [1.29, 1.82) is 0 Å². The molecule has 1 rings (SSSR count). The Morgan fingerprint density at radius 3 is 2.80 bits per heavy atom.